The summed E-state index contributed by atoms with van der Waals surface area (Å²) in [5.41, 5.74) is 3.33. The van der Waals surface area contributed by atoms with Crippen LogP contribution in [-0.2, 0) is 17.1 Å². The standard InChI is InChI=1S/C17H25N3O2S/c1-11(2)15-7-9-16(10-8-15)12(3)19-23(21,22)17-13(4)18-20(6)14(17)5/h7-12,19H,1-6H3. The van der Waals surface area contributed by atoms with Crippen molar-refractivity contribution in [2.75, 3.05) is 0 Å². The van der Waals surface area contributed by atoms with Crippen LogP contribution in [0.4, 0.5) is 0 Å². The molecule has 0 spiro atoms. The van der Waals surface area contributed by atoms with Gasteiger partial charge in [0.1, 0.15) is 4.90 Å². The molecule has 1 aromatic carbocycles. The molecule has 1 unspecified atom stereocenters. The van der Waals surface area contributed by atoms with Gasteiger partial charge in [-0.1, -0.05) is 38.1 Å². The second-order valence-electron chi connectivity index (χ2n) is 6.29. The van der Waals surface area contributed by atoms with E-state index in [0.29, 0.717) is 17.3 Å². The van der Waals surface area contributed by atoms with Crippen LogP contribution >= 0.6 is 0 Å². The fraction of sp³-hybridized carbons (Fsp3) is 0.471. The summed E-state index contributed by atoms with van der Waals surface area (Å²) in [4.78, 5) is 0.269. The van der Waals surface area contributed by atoms with Gasteiger partial charge in [0.05, 0.1) is 11.4 Å². The summed E-state index contributed by atoms with van der Waals surface area (Å²) < 4.78 is 29.7. The van der Waals surface area contributed by atoms with Crippen LogP contribution < -0.4 is 4.72 Å². The normalized spacial score (nSPS) is 13.5. The minimum atomic E-state index is -3.61. The Balaban J connectivity index is 2.26. The molecule has 5 nitrogen and oxygen atoms in total. The molecule has 0 amide bonds. The van der Waals surface area contributed by atoms with Crippen LogP contribution in [0.3, 0.4) is 0 Å². The predicted octanol–water partition coefficient (Wildman–Crippen LogP) is 3.20. The van der Waals surface area contributed by atoms with E-state index < -0.39 is 10.0 Å². The molecule has 0 saturated heterocycles. The van der Waals surface area contributed by atoms with Gasteiger partial charge in [0.15, 0.2) is 0 Å². The Labute approximate surface area is 138 Å². The van der Waals surface area contributed by atoms with Gasteiger partial charge in [0.2, 0.25) is 10.0 Å². The Hall–Kier alpha value is -1.66. The van der Waals surface area contributed by atoms with Crippen LogP contribution in [0.25, 0.3) is 0 Å². The summed E-state index contributed by atoms with van der Waals surface area (Å²) in [6.45, 7) is 9.59. The lowest BCUT2D eigenvalue weighted by Gasteiger charge is -2.16. The van der Waals surface area contributed by atoms with Gasteiger partial charge in [-0.05, 0) is 37.8 Å². The molecule has 1 heterocycles. The molecule has 2 aromatic rings. The Morgan fingerprint density at radius 3 is 2.00 bits per heavy atom. The highest BCUT2D eigenvalue weighted by molar-refractivity contribution is 7.89. The molecule has 0 saturated carbocycles. The minimum Gasteiger partial charge on any atom is -0.271 e. The Morgan fingerprint density at radius 1 is 1.04 bits per heavy atom. The zero-order chi connectivity index (χ0) is 17.4. The van der Waals surface area contributed by atoms with E-state index in [-0.39, 0.29) is 10.9 Å². The highest BCUT2D eigenvalue weighted by Crippen LogP contribution is 2.23. The van der Waals surface area contributed by atoms with Crippen molar-refractivity contribution < 1.29 is 8.42 Å². The maximum Gasteiger partial charge on any atom is 0.244 e. The predicted molar refractivity (Wildman–Crippen MR) is 91.9 cm³/mol. The fourth-order valence-corrected chi connectivity index (χ4v) is 4.34. The molecule has 1 N–H and O–H groups in total. The van der Waals surface area contributed by atoms with Crippen LogP contribution in [0.5, 0.6) is 0 Å². The monoisotopic (exact) mass is 335 g/mol. The van der Waals surface area contributed by atoms with E-state index in [1.807, 2.05) is 31.2 Å². The van der Waals surface area contributed by atoms with Crippen LogP contribution in [0.1, 0.15) is 55.2 Å². The first-order valence-corrected chi connectivity index (χ1v) is 9.24. The second-order valence-corrected chi connectivity index (χ2v) is 7.94. The molecule has 0 aliphatic carbocycles. The van der Waals surface area contributed by atoms with Gasteiger partial charge in [-0.3, -0.25) is 4.68 Å². The molecule has 1 atom stereocenters. The van der Waals surface area contributed by atoms with Crippen LogP contribution in [0, 0.1) is 13.8 Å². The van der Waals surface area contributed by atoms with Crippen molar-refractivity contribution in [3.8, 4) is 0 Å². The van der Waals surface area contributed by atoms with E-state index in [2.05, 4.69) is 23.7 Å². The van der Waals surface area contributed by atoms with Crippen LogP contribution in [0.2, 0.25) is 0 Å². The van der Waals surface area contributed by atoms with Gasteiger partial charge >= 0.3 is 0 Å². The van der Waals surface area contributed by atoms with Crippen molar-refractivity contribution in [2.45, 2.75) is 51.5 Å². The molecular formula is C17H25N3O2S. The minimum absolute atomic E-state index is 0.269. The molecule has 1 aromatic heterocycles. The fourth-order valence-electron chi connectivity index (χ4n) is 2.67. The van der Waals surface area contributed by atoms with E-state index in [0.717, 1.165) is 5.56 Å². The average Bonchev–Trinajstić information content (AvgIpc) is 2.72. The number of sulfonamides is 1. The third-order valence-electron chi connectivity index (χ3n) is 4.15. The van der Waals surface area contributed by atoms with Crippen LogP contribution in [-0.4, -0.2) is 18.2 Å². The summed E-state index contributed by atoms with van der Waals surface area (Å²) in [6, 6.07) is 7.74. The van der Waals surface area contributed by atoms with Crippen molar-refractivity contribution in [1.29, 1.82) is 0 Å². The lowest BCUT2D eigenvalue weighted by molar-refractivity contribution is 0.565. The quantitative estimate of drug-likeness (QED) is 0.912. The summed E-state index contributed by atoms with van der Waals surface area (Å²) in [5, 5.41) is 4.19. The summed E-state index contributed by atoms with van der Waals surface area (Å²) in [7, 11) is -1.86. The van der Waals surface area contributed by atoms with Crippen molar-refractivity contribution >= 4 is 10.0 Å². The molecule has 0 aliphatic rings. The average molecular weight is 335 g/mol. The zero-order valence-corrected chi connectivity index (χ0v) is 15.4. The number of hydrogen-bond donors (Lipinski definition) is 1. The van der Waals surface area contributed by atoms with Crippen molar-refractivity contribution in [1.82, 2.24) is 14.5 Å². The first kappa shape index (κ1) is 17.7. The Morgan fingerprint density at radius 2 is 1.57 bits per heavy atom. The molecule has 0 fully saturated rings. The smallest absolute Gasteiger partial charge is 0.244 e. The number of hydrogen-bond acceptors (Lipinski definition) is 3. The number of aryl methyl sites for hydroxylation is 2. The van der Waals surface area contributed by atoms with Gasteiger partial charge in [-0.25, -0.2) is 13.1 Å². The summed E-state index contributed by atoms with van der Waals surface area (Å²) in [6.07, 6.45) is 0. The topological polar surface area (TPSA) is 64.0 Å². The molecule has 0 bridgehead atoms. The highest BCUT2D eigenvalue weighted by Gasteiger charge is 2.25. The maximum atomic E-state index is 12.7. The van der Waals surface area contributed by atoms with E-state index >= 15 is 0 Å². The largest absolute Gasteiger partial charge is 0.271 e. The van der Waals surface area contributed by atoms with Gasteiger partial charge in [-0.2, -0.15) is 5.10 Å². The Kier molecular flexibility index (Phi) is 4.96. The maximum absolute atomic E-state index is 12.7. The van der Waals surface area contributed by atoms with Gasteiger partial charge in [0.25, 0.3) is 0 Å². The molecule has 0 aliphatic heterocycles. The summed E-state index contributed by atoms with van der Waals surface area (Å²) >= 11 is 0. The van der Waals surface area contributed by atoms with E-state index in [1.165, 1.54) is 5.56 Å². The third-order valence-corrected chi connectivity index (χ3v) is 5.94. The Bertz CT molecular complexity index is 790. The van der Waals surface area contributed by atoms with Crippen molar-refractivity contribution in [2.24, 2.45) is 7.05 Å². The van der Waals surface area contributed by atoms with E-state index in [1.54, 1.807) is 25.6 Å². The van der Waals surface area contributed by atoms with Gasteiger partial charge < -0.3 is 0 Å². The molecule has 23 heavy (non-hydrogen) atoms. The van der Waals surface area contributed by atoms with Gasteiger partial charge in [0, 0.05) is 13.1 Å². The van der Waals surface area contributed by atoms with E-state index in [9.17, 15) is 8.42 Å². The van der Waals surface area contributed by atoms with Crippen molar-refractivity contribution in [3.05, 3.63) is 46.8 Å². The number of nitrogens with one attached hydrogen (secondary N) is 1. The SMILES string of the molecule is Cc1nn(C)c(C)c1S(=O)(=O)NC(C)c1ccc(C(C)C)cc1. The zero-order valence-electron chi connectivity index (χ0n) is 14.6. The lowest BCUT2D eigenvalue weighted by atomic mass is 10.00. The second kappa shape index (κ2) is 6.45. The number of benzene rings is 1. The molecule has 2 rings (SSSR count). The van der Waals surface area contributed by atoms with Crippen molar-refractivity contribution in [3.63, 3.8) is 0 Å². The molecule has 0 radical (unpaired) electrons. The first-order chi connectivity index (χ1) is 10.6. The molecule has 6 heteroatoms. The molecular weight excluding hydrogens is 310 g/mol. The third kappa shape index (κ3) is 3.64. The lowest BCUT2D eigenvalue weighted by Crippen LogP contribution is -2.27. The number of rotatable bonds is 5. The first-order valence-electron chi connectivity index (χ1n) is 7.76. The number of aromatic nitrogens is 2. The van der Waals surface area contributed by atoms with Gasteiger partial charge in [-0.15, -0.1) is 0 Å². The summed E-state index contributed by atoms with van der Waals surface area (Å²) in [5.74, 6) is 0.455. The van der Waals surface area contributed by atoms with Crippen LogP contribution in [0.15, 0.2) is 29.2 Å². The highest BCUT2D eigenvalue weighted by atomic mass is 32.2. The number of nitrogens with zero attached hydrogens (tertiary/aromatic N) is 2. The molecule has 126 valence electrons. The van der Waals surface area contributed by atoms with E-state index in [4.69, 9.17) is 0 Å².